The van der Waals surface area contributed by atoms with Crippen LogP contribution in [0.1, 0.15) is 0 Å². The molecule has 0 atom stereocenters. The van der Waals surface area contributed by atoms with E-state index in [9.17, 15) is 13.0 Å². The number of thiophene rings is 1. The summed E-state index contributed by atoms with van der Waals surface area (Å²) in [6, 6.07) is 6.52. The van der Waals surface area contributed by atoms with E-state index < -0.39 is 23.9 Å². The quantitative estimate of drug-likeness (QED) is 0.496. The molecule has 0 unspecified atom stereocenters. The van der Waals surface area contributed by atoms with Crippen LogP contribution in [0.2, 0.25) is 0 Å². The Balaban J connectivity index is 2.26. The Morgan fingerprint density at radius 1 is 1.32 bits per heavy atom. The molecule has 1 heterocycles. The summed E-state index contributed by atoms with van der Waals surface area (Å²) < 4.78 is 42.7. The monoisotopic (exact) mass is 385 g/mol. The summed E-state index contributed by atoms with van der Waals surface area (Å²) in [7, 11) is -8.43. The van der Waals surface area contributed by atoms with Gasteiger partial charge in [0.15, 0.2) is 0 Å². The number of hydrogen-bond acceptors (Lipinski definition) is 5. The Morgan fingerprint density at radius 3 is 2.68 bits per heavy atom. The first kappa shape index (κ1) is 17.7. The van der Waals surface area contributed by atoms with Gasteiger partial charge in [-0.1, -0.05) is 0 Å². The fourth-order valence-corrected chi connectivity index (χ4v) is 5.13. The molecule has 0 bridgehead atoms. The van der Waals surface area contributed by atoms with Crippen LogP contribution in [0.15, 0.2) is 28.5 Å². The van der Waals surface area contributed by atoms with Crippen molar-refractivity contribution in [3.05, 3.63) is 24.3 Å². The number of ether oxygens (including phenoxy) is 1. The van der Waals surface area contributed by atoms with E-state index in [4.69, 9.17) is 26.1 Å². The van der Waals surface area contributed by atoms with Crippen LogP contribution in [0.3, 0.4) is 0 Å². The first-order valence-corrected chi connectivity index (χ1v) is 10.6. The first-order valence-electron chi connectivity index (χ1n) is 5.98. The van der Waals surface area contributed by atoms with Crippen LogP contribution in [0.25, 0.3) is 10.1 Å². The number of halogens is 1. The molecule has 22 heavy (non-hydrogen) atoms. The Hall–Kier alpha value is -0.670. The Labute approximate surface area is 136 Å². The average Bonchev–Trinajstić information content (AvgIpc) is 2.86. The van der Waals surface area contributed by atoms with Crippen LogP contribution in [0, 0.1) is 0 Å². The molecule has 2 aromatic rings. The molecule has 1 aromatic carbocycles. The minimum atomic E-state index is -4.46. The Morgan fingerprint density at radius 2 is 2.05 bits per heavy atom. The lowest BCUT2D eigenvalue weighted by atomic mass is 10.2. The molecular formula is C11H13ClNO6PS2. The summed E-state index contributed by atoms with van der Waals surface area (Å²) in [6.45, 7) is 0.339. The maximum Gasteiger partial charge on any atom is 0.340 e. The highest BCUT2D eigenvalue weighted by Gasteiger charge is 2.22. The average molecular weight is 386 g/mol. The maximum atomic E-state index is 12.0. The number of sulfonamides is 1. The fraction of sp³-hybridized carbons (Fsp3) is 0.273. The zero-order chi connectivity index (χ0) is 16.4. The van der Waals surface area contributed by atoms with E-state index in [2.05, 4.69) is 0 Å². The minimum Gasteiger partial charge on any atom is -0.492 e. The summed E-state index contributed by atoms with van der Waals surface area (Å²) >= 11 is 6.53. The van der Waals surface area contributed by atoms with Crippen molar-refractivity contribution in [3.8, 4) is 5.75 Å². The summed E-state index contributed by atoms with van der Waals surface area (Å²) in [5, 5.41) is 0.661. The van der Waals surface area contributed by atoms with Crippen molar-refractivity contribution < 1.29 is 27.5 Å². The van der Waals surface area contributed by atoms with Crippen LogP contribution < -0.4 is 9.46 Å². The second-order valence-corrected chi connectivity index (χ2v) is 9.37. The normalized spacial score (nSPS) is 12.7. The van der Waals surface area contributed by atoms with Gasteiger partial charge in [-0.05, 0) is 29.7 Å². The van der Waals surface area contributed by atoms with Gasteiger partial charge >= 0.3 is 7.60 Å². The molecule has 0 saturated heterocycles. The lowest BCUT2D eigenvalue weighted by Gasteiger charge is -2.05. The molecule has 3 N–H and O–H groups in total. The smallest absolute Gasteiger partial charge is 0.340 e. The molecule has 0 aliphatic carbocycles. The van der Waals surface area contributed by atoms with Gasteiger partial charge in [-0.2, -0.15) is 4.72 Å². The highest BCUT2D eigenvalue weighted by atomic mass is 35.5. The number of hydrogen-bond donors (Lipinski definition) is 3. The van der Waals surface area contributed by atoms with Crippen molar-refractivity contribution in [1.29, 1.82) is 0 Å². The molecule has 1 aromatic heterocycles. The number of rotatable bonds is 7. The summed E-state index contributed by atoms with van der Waals surface area (Å²) in [5.74, 6) is 0.909. The van der Waals surface area contributed by atoms with Gasteiger partial charge in [0, 0.05) is 4.70 Å². The second-order valence-electron chi connectivity index (χ2n) is 4.27. The number of alkyl halides is 1. The number of benzene rings is 1. The molecule has 0 radical (unpaired) electrons. The zero-order valence-corrected chi connectivity index (χ0v) is 14.4. The van der Waals surface area contributed by atoms with Gasteiger partial charge in [-0.3, -0.25) is 4.57 Å². The van der Waals surface area contributed by atoms with Crippen LogP contribution in [0.5, 0.6) is 5.75 Å². The second kappa shape index (κ2) is 6.84. The van der Waals surface area contributed by atoms with Crippen LogP contribution >= 0.6 is 30.5 Å². The lowest BCUT2D eigenvalue weighted by Crippen LogP contribution is -2.23. The third kappa shape index (κ3) is 4.66. The van der Waals surface area contributed by atoms with Crippen molar-refractivity contribution in [2.24, 2.45) is 0 Å². The minimum absolute atomic E-state index is 0.0227. The van der Waals surface area contributed by atoms with Crippen molar-refractivity contribution in [1.82, 2.24) is 4.72 Å². The van der Waals surface area contributed by atoms with Gasteiger partial charge in [0.25, 0.3) is 10.0 Å². The van der Waals surface area contributed by atoms with Gasteiger partial charge in [-0.15, -0.1) is 22.9 Å². The molecule has 0 fully saturated rings. The van der Waals surface area contributed by atoms with E-state index in [1.54, 1.807) is 18.2 Å². The fourth-order valence-electron chi connectivity index (χ4n) is 1.62. The topological polar surface area (TPSA) is 113 Å². The third-order valence-electron chi connectivity index (χ3n) is 2.54. The third-order valence-corrected chi connectivity index (χ3v) is 6.47. The van der Waals surface area contributed by atoms with E-state index in [0.717, 1.165) is 16.0 Å². The van der Waals surface area contributed by atoms with Crippen molar-refractivity contribution in [3.63, 3.8) is 0 Å². The van der Waals surface area contributed by atoms with Gasteiger partial charge in [-0.25, -0.2) is 8.42 Å². The van der Waals surface area contributed by atoms with E-state index in [1.807, 2.05) is 4.72 Å². The molecule has 122 valence electrons. The lowest BCUT2D eigenvalue weighted by molar-refractivity contribution is 0.343. The number of fused-ring (bicyclic) bond motifs is 1. The van der Waals surface area contributed by atoms with Crippen molar-refractivity contribution >= 4 is 50.6 Å². The Kier molecular flexibility index (Phi) is 5.50. The van der Waals surface area contributed by atoms with Gasteiger partial charge < -0.3 is 14.5 Å². The highest BCUT2D eigenvalue weighted by Crippen LogP contribution is 2.35. The van der Waals surface area contributed by atoms with E-state index in [1.165, 1.54) is 6.07 Å². The molecular weight excluding hydrogens is 373 g/mol. The molecule has 7 nitrogen and oxygen atoms in total. The van der Waals surface area contributed by atoms with E-state index in [0.29, 0.717) is 23.6 Å². The predicted octanol–water partition coefficient (Wildman–Crippen LogP) is 1.93. The summed E-state index contributed by atoms with van der Waals surface area (Å²) in [4.78, 5) is 17.5. The molecule has 0 saturated carbocycles. The van der Waals surface area contributed by atoms with E-state index in [-0.39, 0.29) is 4.21 Å². The standard InChI is InChI=1S/C11H13ClNO6PS2/c12-3-4-19-9-1-2-10-8(5-9)6-11(21-10)22(17,18)13-7-20(14,15)16/h1-2,5-6,13H,3-4,7H2,(H2,14,15,16). The Bertz CT molecular complexity index is 815. The molecule has 0 spiro atoms. The van der Waals surface area contributed by atoms with Crippen molar-refractivity contribution in [2.45, 2.75) is 4.21 Å². The van der Waals surface area contributed by atoms with Gasteiger partial charge in [0.05, 0.1) is 5.88 Å². The van der Waals surface area contributed by atoms with Crippen LogP contribution in [-0.2, 0) is 14.6 Å². The first-order chi connectivity index (χ1) is 10.2. The molecule has 2 rings (SSSR count). The van der Waals surface area contributed by atoms with Crippen LogP contribution in [-0.4, -0.2) is 37.0 Å². The van der Waals surface area contributed by atoms with Crippen molar-refractivity contribution in [2.75, 3.05) is 18.8 Å². The SMILES string of the molecule is O=P(O)(O)CNS(=O)(=O)c1cc2cc(OCCCl)ccc2s1. The molecule has 0 aliphatic rings. The molecule has 0 amide bonds. The van der Waals surface area contributed by atoms with Gasteiger partial charge in [0.2, 0.25) is 0 Å². The van der Waals surface area contributed by atoms with Gasteiger partial charge in [0.1, 0.15) is 22.9 Å². The summed E-state index contributed by atoms with van der Waals surface area (Å²) in [6.07, 6.45) is -0.937. The molecule has 0 aliphatic heterocycles. The molecule has 11 heteroatoms. The maximum absolute atomic E-state index is 12.0. The summed E-state index contributed by atoms with van der Waals surface area (Å²) in [5.41, 5.74) is 0. The van der Waals surface area contributed by atoms with E-state index >= 15 is 0 Å². The number of nitrogens with one attached hydrogen (secondary N) is 1. The van der Waals surface area contributed by atoms with Crippen LogP contribution in [0.4, 0.5) is 0 Å². The zero-order valence-electron chi connectivity index (χ0n) is 11.1. The highest BCUT2D eigenvalue weighted by molar-refractivity contribution is 7.92. The largest absolute Gasteiger partial charge is 0.492 e. The predicted molar refractivity (Wildman–Crippen MR) is 85.3 cm³/mol.